The van der Waals surface area contributed by atoms with Crippen LogP contribution in [0.2, 0.25) is 0 Å². The Morgan fingerprint density at radius 2 is 2.08 bits per heavy atom. The molecule has 2 aromatic heterocycles. The lowest BCUT2D eigenvalue weighted by Gasteiger charge is -2.12. The van der Waals surface area contributed by atoms with Crippen molar-refractivity contribution < 1.29 is 14.3 Å². The van der Waals surface area contributed by atoms with Crippen LogP contribution in [0, 0.1) is 13.8 Å². The molecule has 134 valence electrons. The van der Waals surface area contributed by atoms with Crippen molar-refractivity contribution >= 4 is 11.7 Å². The number of furan rings is 1. The van der Waals surface area contributed by atoms with Crippen LogP contribution in [0.3, 0.4) is 0 Å². The molecule has 1 aliphatic rings. The summed E-state index contributed by atoms with van der Waals surface area (Å²) >= 11 is 0. The minimum absolute atomic E-state index is 0.115. The lowest BCUT2D eigenvalue weighted by molar-refractivity contribution is 0.100. The zero-order valence-electron chi connectivity index (χ0n) is 14.6. The first-order valence-electron chi connectivity index (χ1n) is 8.45. The number of nitrogens with zero attached hydrogens (tertiary/aromatic N) is 2. The molecule has 0 atom stereocenters. The number of carbonyl (C=O) groups excluding carboxylic acids is 1. The summed E-state index contributed by atoms with van der Waals surface area (Å²) in [7, 11) is 0. The fourth-order valence-corrected chi connectivity index (χ4v) is 3.27. The number of amides is 1. The van der Waals surface area contributed by atoms with Crippen LogP contribution in [0.5, 0.6) is 5.75 Å². The zero-order chi connectivity index (χ0) is 18.6. The molecule has 1 aliphatic carbocycles. The zero-order valence-corrected chi connectivity index (χ0v) is 14.6. The average Bonchev–Trinajstić information content (AvgIpc) is 3.22. The summed E-state index contributed by atoms with van der Waals surface area (Å²) in [5, 5.41) is 14.6. The number of hydrogen-bond acceptors (Lipinski definition) is 5. The van der Waals surface area contributed by atoms with Crippen LogP contribution in [0.15, 0.2) is 28.9 Å². The number of rotatable bonds is 4. The third-order valence-electron chi connectivity index (χ3n) is 4.89. The molecule has 1 amide bonds. The smallest absolute Gasteiger partial charge is 0.254 e. The van der Waals surface area contributed by atoms with Gasteiger partial charge < -0.3 is 21.0 Å². The van der Waals surface area contributed by atoms with Gasteiger partial charge in [0.2, 0.25) is 0 Å². The van der Waals surface area contributed by atoms with Gasteiger partial charge in [-0.1, -0.05) is 6.07 Å². The van der Waals surface area contributed by atoms with Crippen molar-refractivity contribution in [2.45, 2.75) is 32.6 Å². The molecule has 0 unspecified atom stereocenters. The fraction of sp³-hybridized carbons (Fsp3) is 0.263. The maximum absolute atomic E-state index is 12.0. The van der Waals surface area contributed by atoms with E-state index in [2.05, 4.69) is 5.10 Å². The van der Waals surface area contributed by atoms with Crippen molar-refractivity contribution in [2.75, 3.05) is 5.73 Å². The summed E-state index contributed by atoms with van der Waals surface area (Å²) in [6.07, 6.45) is 3.97. The van der Waals surface area contributed by atoms with Crippen LogP contribution >= 0.6 is 0 Å². The van der Waals surface area contributed by atoms with Gasteiger partial charge in [-0.3, -0.25) is 4.79 Å². The molecule has 0 spiro atoms. The molecular weight excluding hydrogens is 332 g/mol. The van der Waals surface area contributed by atoms with E-state index < -0.39 is 5.91 Å². The Morgan fingerprint density at radius 3 is 2.73 bits per heavy atom. The molecule has 0 bridgehead atoms. The molecule has 1 fully saturated rings. The van der Waals surface area contributed by atoms with Crippen LogP contribution in [0.25, 0.3) is 17.1 Å². The Bertz CT molecular complexity index is 1030. The molecule has 26 heavy (non-hydrogen) atoms. The number of aryl methyl sites for hydroxylation is 1. The van der Waals surface area contributed by atoms with Gasteiger partial charge in [-0.25, -0.2) is 4.68 Å². The molecule has 7 heteroatoms. The Morgan fingerprint density at radius 1 is 1.35 bits per heavy atom. The van der Waals surface area contributed by atoms with Gasteiger partial charge in [-0.05, 0) is 55.9 Å². The first kappa shape index (κ1) is 16.3. The van der Waals surface area contributed by atoms with Gasteiger partial charge in [-0.15, -0.1) is 0 Å². The van der Waals surface area contributed by atoms with Gasteiger partial charge in [0.1, 0.15) is 22.8 Å². The lowest BCUT2D eigenvalue weighted by Crippen LogP contribution is -2.14. The topological polar surface area (TPSA) is 120 Å². The van der Waals surface area contributed by atoms with Gasteiger partial charge in [0.25, 0.3) is 5.91 Å². The molecule has 2 heterocycles. The molecular formula is C19H20N4O3. The largest absolute Gasteiger partial charge is 0.508 e. The second kappa shape index (κ2) is 5.66. The van der Waals surface area contributed by atoms with E-state index in [4.69, 9.17) is 15.9 Å². The van der Waals surface area contributed by atoms with Gasteiger partial charge in [-0.2, -0.15) is 5.10 Å². The van der Waals surface area contributed by atoms with E-state index in [1.54, 1.807) is 25.3 Å². The number of primary amides is 1. The van der Waals surface area contributed by atoms with Crippen LogP contribution in [-0.4, -0.2) is 20.8 Å². The van der Waals surface area contributed by atoms with Gasteiger partial charge in [0.15, 0.2) is 5.76 Å². The molecule has 0 aliphatic heterocycles. The van der Waals surface area contributed by atoms with Gasteiger partial charge in [0, 0.05) is 5.56 Å². The Balaban J connectivity index is 1.93. The maximum atomic E-state index is 12.0. The van der Waals surface area contributed by atoms with Crippen molar-refractivity contribution in [3.05, 3.63) is 46.7 Å². The fourth-order valence-electron chi connectivity index (χ4n) is 3.27. The summed E-state index contributed by atoms with van der Waals surface area (Å²) in [6.45, 7) is 3.64. The predicted molar refractivity (Wildman–Crippen MR) is 97.3 cm³/mol. The van der Waals surface area contributed by atoms with Gasteiger partial charge >= 0.3 is 0 Å². The normalized spacial score (nSPS) is 13.9. The van der Waals surface area contributed by atoms with Crippen molar-refractivity contribution in [2.24, 2.45) is 5.73 Å². The Hall–Kier alpha value is -3.22. The van der Waals surface area contributed by atoms with Crippen molar-refractivity contribution in [3.8, 4) is 22.9 Å². The molecule has 3 aromatic rings. The molecule has 1 saturated carbocycles. The highest BCUT2D eigenvalue weighted by Crippen LogP contribution is 2.42. The van der Waals surface area contributed by atoms with Crippen LogP contribution in [-0.2, 0) is 0 Å². The third kappa shape index (κ3) is 2.44. The van der Waals surface area contributed by atoms with Crippen molar-refractivity contribution in [1.29, 1.82) is 0 Å². The highest BCUT2D eigenvalue weighted by Gasteiger charge is 2.29. The number of nitrogens with two attached hydrogens (primary N) is 2. The SMILES string of the molecule is Cc1ccc(O)c(C)c1-n1nc(-c2cc(C3CC3)co2)c(C(N)=O)c1N. The number of benzene rings is 1. The van der Waals surface area contributed by atoms with E-state index in [0.717, 1.165) is 24.0 Å². The van der Waals surface area contributed by atoms with Crippen molar-refractivity contribution in [1.82, 2.24) is 9.78 Å². The van der Waals surface area contributed by atoms with E-state index in [-0.39, 0.29) is 17.1 Å². The standard InChI is InChI=1S/C19H20N4O3/c1-9-3-6-13(24)10(2)17(9)23-18(20)15(19(21)25)16(22-23)14-7-12(8-26-14)11-4-5-11/h3,6-8,11,24H,4-5,20H2,1-2H3,(H2,21,25). The molecule has 7 nitrogen and oxygen atoms in total. The minimum Gasteiger partial charge on any atom is -0.508 e. The molecule has 0 saturated heterocycles. The van der Waals surface area contributed by atoms with Crippen molar-refractivity contribution in [3.63, 3.8) is 0 Å². The molecule has 0 radical (unpaired) electrons. The Labute approximate surface area is 150 Å². The van der Waals surface area contributed by atoms with E-state index >= 15 is 0 Å². The number of carbonyl (C=O) groups is 1. The van der Waals surface area contributed by atoms with Crippen LogP contribution in [0.4, 0.5) is 5.82 Å². The minimum atomic E-state index is -0.677. The summed E-state index contributed by atoms with van der Waals surface area (Å²) in [4.78, 5) is 12.0. The number of anilines is 1. The first-order chi connectivity index (χ1) is 12.4. The number of nitrogen functional groups attached to an aromatic ring is 1. The quantitative estimate of drug-likeness (QED) is 0.666. The number of hydrogen-bond donors (Lipinski definition) is 3. The van der Waals surface area contributed by atoms with Gasteiger partial charge in [0.05, 0.1) is 12.0 Å². The lowest BCUT2D eigenvalue weighted by atomic mass is 10.1. The second-order valence-corrected chi connectivity index (χ2v) is 6.78. The third-order valence-corrected chi connectivity index (χ3v) is 4.89. The summed E-state index contributed by atoms with van der Waals surface area (Å²) in [6, 6.07) is 5.26. The predicted octanol–water partition coefficient (Wildman–Crippen LogP) is 3.01. The monoisotopic (exact) mass is 352 g/mol. The number of aromatic nitrogens is 2. The maximum Gasteiger partial charge on any atom is 0.254 e. The van der Waals surface area contributed by atoms with Crippen LogP contribution in [0.1, 0.15) is 45.8 Å². The summed E-state index contributed by atoms with van der Waals surface area (Å²) in [5.74, 6) is 0.537. The second-order valence-electron chi connectivity index (χ2n) is 6.78. The average molecular weight is 352 g/mol. The number of aromatic hydroxyl groups is 1. The number of phenols is 1. The molecule has 5 N–H and O–H groups in total. The highest BCUT2D eigenvalue weighted by atomic mass is 16.3. The molecule has 1 aromatic carbocycles. The van der Waals surface area contributed by atoms with Crippen LogP contribution < -0.4 is 11.5 Å². The highest BCUT2D eigenvalue weighted by molar-refractivity contribution is 6.03. The summed E-state index contributed by atoms with van der Waals surface area (Å²) < 4.78 is 7.09. The van der Waals surface area contributed by atoms with E-state index in [1.165, 1.54) is 4.68 Å². The first-order valence-corrected chi connectivity index (χ1v) is 8.45. The molecule has 4 rings (SSSR count). The van der Waals surface area contributed by atoms with E-state index in [0.29, 0.717) is 28.6 Å². The Kier molecular flexibility index (Phi) is 3.54. The van der Waals surface area contributed by atoms with E-state index in [9.17, 15) is 9.90 Å². The number of phenolic OH excluding ortho intramolecular Hbond substituents is 1. The summed E-state index contributed by atoms with van der Waals surface area (Å²) in [5.41, 5.74) is 15.4. The van der Waals surface area contributed by atoms with E-state index in [1.807, 2.05) is 13.0 Å².